The number of nitrogens with zero attached hydrogens (tertiary/aromatic N) is 5. The van der Waals surface area contributed by atoms with Crippen LogP contribution in [0.2, 0.25) is 0 Å². The number of pyridine rings is 5. The van der Waals surface area contributed by atoms with E-state index in [2.05, 4.69) is 317 Å². The molecule has 0 atom stereocenters. The lowest BCUT2D eigenvalue weighted by atomic mass is 10.0. The number of hydrogen-bond donors (Lipinski definition) is 0. The van der Waals surface area contributed by atoms with Gasteiger partial charge >= 0.3 is 0 Å². The Morgan fingerprint density at radius 1 is 0.243 bits per heavy atom. The van der Waals surface area contributed by atoms with E-state index in [4.69, 9.17) is 0 Å². The van der Waals surface area contributed by atoms with Crippen LogP contribution in [0.5, 0.6) is 0 Å². The summed E-state index contributed by atoms with van der Waals surface area (Å²) in [5, 5.41) is 13.1. The van der Waals surface area contributed by atoms with Crippen LogP contribution in [0, 0.1) is 20.8 Å². The number of hydrogen-bond acceptors (Lipinski definition) is 0. The summed E-state index contributed by atoms with van der Waals surface area (Å²) < 4.78 is 10.9. The summed E-state index contributed by atoms with van der Waals surface area (Å²) in [7, 11) is 0. The van der Waals surface area contributed by atoms with Gasteiger partial charge in [-0.1, -0.05) is 157 Å². The normalized spacial score (nSPS) is 11.2. The van der Waals surface area contributed by atoms with E-state index in [9.17, 15) is 0 Å². The van der Waals surface area contributed by atoms with Crippen LogP contribution in [-0.4, -0.2) is 22.0 Å². The molecule has 0 saturated carbocycles. The number of fused-ring (bicyclic) bond motifs is 15. The molecular formula is C69H55N5. The van der Waals surface area contributed by atoms with Gasteiger partial charge in [-0.25, -0.2) is 0 Å². The highest BCUT2D eigenvalue weighted by atomic mass is 14.9. The molecule has 0 unspecified atom stereocenters. The number of aromatic nitrogens is 5. The molecule has 0 radical (unpaired) electrons. The molecule has 0 aliphatic rings. The zero-order chi connectivity index (χ0) is 50.0. The van der Waals surface area contributed by atoms with Crippen molar-refractivity contribution in [1.29, 1.82) is 0 Å². The second-order valence-corrected chi connectivity index (χ2v) is 19.1. The molecule has 16 aromatic rings. The van der Waals surface area contributed by atoms with Gasteiger partial charge in [0.1, 0.15) is 0 Å². The second kappa shape index (κ2) is 19.9. The lowest BCUT2D eigenvalue weighted by Gasteiger charge is -2.01. The van der Waals surface area contributed by atoms with Crippen LogP contribution in [0.3, 0.4) is 0 Å². The van der Waals surface area contributed by atoms with Crippen LogP contribution < -0.4 is 0 Å². The quantitative estimate of drug-likeness (QED) is 0.156. The van der Waals surface area contributed by atoms with E-state index in [0.29, 0.717) is 0 Å². The zero-order valence-electron chi connectivity index (χ0n) is 41.8. The first kappa shape index (κ1) is 45.6. The SMILES string of the molecule is Cc1ccc2c(c1)cn1ccccc21.Cc1cccn2cc3ccccc3c12.Cc1ccn2cc3ccccc3c2c1.c1ccc(-c2ccc3cn4ccccc4c3c2)cc1.c1ccc2c(c1)cn1ccccc21. The van der Waals surface area contributed by atoms with E-state index in [1.54, 1.807) is 0 Å². The molecule has 0 fully saturated rings. The average molecular weight is 954 g/mol. The molecule has 0 aliphatic heterocycles. The van der Waals surface area contributed by atoms with Crippen molar-refractivity contribution in [3.05, 3.63) is 297 Å². The first-order valence-corrected chi connectivity index (χ1v) is 25.3. The van der Waals surface area contributed by atoms with Crippen LogP contribution in [0.4, 0.5) is 0 Å². The topological polar surface area (TPSA) is 22.1 Å². The molecule has 0 saturated heterocycles. The average Bonchev–Trinajstić information content (AvgIpc) is 4.28. The summed E-state index contributed by atoms with van der Waals surface area (Å²) >= 11 is 0. The summed E-state index contributed by atoms with van der Waals surface area (Å²) in [5.74, 6) is 0. The Morgan fingerprint density at radius 2 is 0.703 bits per heavy atom. The Balaban J connectivity index is 0.0000000945. The van der Waals surface area contributed by atoms with E-state index in [1.807, 2.05) is 6.07 Å². The predicted molar refractivity (Wildman–Crippen MR) is 314 cm³/mol. The maximum absolute atomic E-state index is 2.28. The minimum atomic E-state index is 1.26. The highest BCUT2D eigenvalue weighted by Crippen LogP contribution is 2.29. The van der Waals surface area contributed by atoms with E-state index in [0.717, 1.165) is 0 Å². The van der Waals surface area contributed by atoms with Crippen molar-refractivity contribution in [2.75, 3.05) is 0 Å². The molecule has 16 rings (SSSR count). The summed E-state index contributed by atoms with van der Waals surface area (Å²) in [6, 6.07) is 76.7. The summed E-state index contributed by atoms with van der Waals surface area (Å²) in [6.07, 6.45) is 21.3. The monoisotopic (exact) mass is 953 g/mol. The van der Waals surface area contributed by atoms with Gasteiger partial charge in [-0.2, -0.15) is 0 Å². The number of aryl methyl sites for hydroxylation is 3. The smallest absolute Gasteiger partial charge is 0.0557 e. The molecule has 5 heteroatoms. The van der Waals surface area contributed by atoms with Gasteiger partial charge in [0.15, 0.2) is 0 Å². The second-order valence-electron chi connectivity index (χ2n) is 19.1. The lowest BCUT2D eigenvalue weighted by Crippen LogP contribution is -1.82. The van der Waals surface area contributed by atoms with Crippen molar-refractivity contribution in [1.82, 2.24) is 22.0 Å². The van der Waals surface area contributed by atoms with Crippen LogP contribution in [0.15, 0.2) is 280 Å². The standard InChI is InChI=1S/C18H13N.3C13H11N.C12H9N/c1-2-6-14(7-3-1)15-9-10-16-13-19-11-5-4-8-18(19)17(16)12-15;1-10-5-4-8-14-9-11-6-2-3-7-12(11)13(10)14;1-10-5-6-12-11(8-10)9-14-7-3-2-4-13(12)14;1-10-6-7-14-9-11-4-2-3-5-12(11)13(14)8-10;1-2-6-11-10(5-1)9-13-8-4-3-7-12(11)13/h1-13H;3*2-9H,1H3;1-9H. The highest BCUT2D eigenvalue weighted by molar-refractivity contribution is 6.01. The van der Waals surface area contributed by atoms with Crippen LogP contribution in [-0.2, 0) is 0 Å². The predicted octanol–water partition coefficient (Wildman–Crippen LogP) is 18.1. The van der Waals surface area contributed by atoms with Crippen molar-refractivity contribution in [3.63, 3.8) is 0 Å². The molecule has 6 aromatic carbocycles. The zero-order valence-corrected chi connectivity index (χ0v) is 41.8. The minimum Gasteiger partial charge on any atom is -0.323 e. The molecule has 356 valence electrons. The van der Waals surface area contributed by atoms with Gasteiger partial charge in [0.2, 0.25) is 0 Å². The Morgan fingerprint density at radius 3 is 1.35 bits per heavy atom. The van der Waals surface area contributed by atoms with Crippen molar-refractivity contribution < 1.29 is 0 Å². The van der Waals surface area contributed by atoms with Gasteiger partial charge < -0.3 is 22.0 Å². The molecule has 74 heavy (non-hydrogen) atoms. The third-order valence-corrected chi connectivity index (χ3v) is 14.0. The molecule has 0 N–H and O–H groups in total. The Bertz CT molecular complexity index is 4540. The number of rotatable bonds is 1. The molecule has 0 bridgehead atoms. The van der Waals surface area contributed by atoms with Gasteiger partial charge in [-0.15, -0.1) is 0 Å². The molecule has 10 aromatic heterocycles. The van der Waals surface area contributed by atoms with Crippen molar-refractivity contribution in [3.8, 4) is 11.1 Å². The minimum absolute atomic E-state index is 1.26. The van der Waals surface area contributed by atoms with Crippen LogP contribution >= 0.6 is 0 Å². The molecule has 10 heterocycles. The fraction of sp³-hybridized carbons (Fsp3) is 0.0435. The van der Waals surface area contributed by atoms with Crippen molar-refractivity contribution in [2.45, 2.75) is 20.8 Å². The van der Waals surface area contributed by atoms with Crippen LogP contribution in [0.1, 0.15) is 16.7 Å². The van der Waals surface area contributed by atoms with E-state index in [1.165, 1.54) is 109 Å². The maximum Gasteiger partial charge on any atom is 0.0557 e. The van der Waals surface area contributed by atoms with Gasteiger partial charge in [-0.3, -0.25) is 0 Å². The fourth-order valence-electron chi connectivity index (χ4n) is 10.4. The Hall–Kier alpha value is -9.58. The summed E-state index contributed by atoms with van der Waals surface area (Å²) in [4.78, 5) is 0. The molecule has 0 amide bonds. The highest BCUT2D eigenvalue weighted by Gasteiger charge is 2.07. The third-order valence-electron chi connectivity index (χ3n) is 14.0. The van der Waals surface area contributed by atoms with Gasteiger partial charge in [0.25, 0.3) is 0 Å². The van der Waals surface area contributed by atoms with Gasteiger partial charge in [-0.05, 0) is 110 Å². The van der Waals surface area contributed by atoms with Gasteiger partial charge in [0.05, 0.1) is 27.6 Å². The molecule has 5 nitrogen and oxygen atoms in total. The maximum atomic E-state index is 2.28. The third kappa shape index (κ3) is 9.04. The van der Waals surface area contributed by atoms with Gasteiger partial charge in [0, 0.05) is 116 Å². The molecule has 0 spiro atoms. The first-order valence-electron chi connectivity index (χ1n) is 25.3. The first-order chi connectivity index (χ1) is 36.4. The molecular weight excluding hydrogens is 899 g/mol. The van der Waals surface area contributed by atoms with Crippen molar-refractivity contribution >= 4 is 81.4 Å². The Labute approximate surface area is 430 Å². The van der Waals surface area contributed by atoms with E-state index < -0.39 is 0 Å². The lowest BCUT2D eigenvalue weighted by molar-refractivity contribution is 1.19. The van der Waals surface area contributed by atoms with E-state index in [-0.39, 0.29) is 0 Å². The molecule has 0 aliphatic carbocycles. The summed E-state index contributed by atoms with van der Waals surface area (Å²) in [5.41, 5.74) is 12.9. The van der Waals surface area contributed by atoms with Crippen molar-refractivity contribution in [2.24, 2.45) is 0 Å². The number of benzene rings is 6. The largest absolute Gasteiger partial charge is 0.323 e. The fourth-order valence-corrected chi connectivity index (χ4v) is 10.4. The van der Waals surface area contributed by atoms with Crippen LogP contribution in [0.25, 0.3) is 92.6 Å². The Kier molecular flexibility index (Phi) is 12.3. The summed E-state index contributed by atoms with van der Waals surface area (Å²) in [6.45, 7) is 6.41. The van der Waals surface area contributed by atoms with E-state index >= 15 is 0 Å².